The van der Waals surface area contributed by atoms with Crippen molar-refractivity contribution >= 4 is 5.91 Å². The Hall–Kier alpha value is -0.610. The molecule has 0 aromatic carbocycles. The normalized spacial score (nSPS) is 26.8. The molecule has 122 valence electrons. The fourth-order valence-corrected chi connectivity index (χ4v) is 3.48. The van der Waals surface area contributed by atoms with Crippen LogP contribution in [-0.2, 0) is 9.53 Å². The first kappa shape index (κ1) is 16.8. The molecule has 1 aliphatic heterocycles. The van der Waals surface area contributed by atoms with Gasteiger partial charge in [-0.3, -0.25) is 4.79 Å². The van der Waals surface area contributed by atoms with E-state index in [1.807, 2.05) is 27.7 Å². The molecule has 0 aromatic rings. The second-order valence-electron chi connectivity index (χ2n) is 7.89. The molecule has 2 fully saturated rings. The van der Waals surface area contributed by atoms with Crippen LogP contribution in [0.15, 0.2) is 0 Å². The maximum Gasteiger partial charge on any atom is 0.237 e. The summed E-state index contributed by atoms with van der Waals surface area (Å²) in [6.07, 6.45) is 9.02. The van der Waals surface area contributed by atoms with Crippen molar-refractivity contribution in [2.75, 3.05) is 6.54 Å². The Morgan fingerprint density at radius 3 is 2.52 bits per heavy atom. The van der Waals surface area contributed by atoms with E-state index in [9.17, 15) is 4.79 Å². The van der Waals surface area contributed by atoms with E-state index in [2.05, 4.69) is 10.6 Å². The van der Waals surface area contributed by atoms with Crippen LogP contribution in [0.2, 0.25) is 0 Å². The molecule has 2 unspecified atom stereocenters. The van der Waals surface area contributed by atoms with E-state index in [1.54, 1.807) is 0 Å². The molecule has 0 aromatic heterocycles. The predicted molar refractivity (Wildman–Crippen MR) is 85.3 cm³/mol. The van der Waals surface area contributed by atoms with Gasteiger partial charge in [0.25, 0.3) is 0 Å². The third-order valence-electron chi connectivity index (χ3n) is 4.65. The van der Waals surface area contributed by atoms with Gasteiger partial charge < -0.3 is 15.4 Å². The molecule has 0 radical (unpaired) electrons. The van der Waals surface area contributed by atoms with Crippen LogP contribution < -0.4 is 10.6 Å². The van der Waals surface area contributed by atoms with Gasteiger partial charge in [-0.25, -0.2) is 0 Å². The van der Waals surface area contributed by atoms with Gasteiger partial charge in [0.2, 0.25) is 5.91 Å². The van der Waals surface area contributed by atoms with Gasteiger partial charge in [0.05, 0.1) is 17.7 Å². The van der Waals surface area contributed by atoms with Crippen molar-refractivity contribution in [3.8, 4) is 0 Å². The van der Waals surface area contributed by atoms with E-state index in [0.29, 0.717) is 0 Å². The average Bonchev–Trinajstić information content (AvgIpc) is 2.78. The smallest absolute Gasteiger partial charge is 0.237 e. The van der Waals surface area contributed by atoms with Crippen molar-refractivity contribution in [2.45, 2.75) is 95.9 Å². The summed E-state index contributed by atoms with van der Waals surface area (Å²) in [5.74, 6) is 0.0628. The largest absolute Gasteiger partial charge is 0.370 e. The Bertz CT molecular complexity index is 356. The molecule has 4 nitrogen and oxygen atoms in total. The van der Waals surface area contributed by atoms with Crippen LogP contribution in [0.25, 0.3) is 0 Å². The number of amides is 1. The maximum atomic E-state index is 12.0. The molecule has 2 rings (SSSR count). The van der Waals surface area contributed by atoms with E-state index >= 15 is 0 Å². The zero-order chi connectivity index (χ0) is 15.5. The molecule has 2 aliphatic rings. The summed E-state index contributed by atoms with van der Waals surface area (Å²) in [5, 5.41) is 6.34. The second kappa shape index (κ2) is 6.66. The van der Waals surface area contributed by atoms with Gasteiger partial charge in [0.15, 0.2) is 0 Å². The summed E-state index contributed by atoms with van der Waals surface area (Å²) in [5.41, 5.74) is -0.00938. The molecule has 4 heteroatoms. The molecule has 1 aliphatic carbocycles. The van der Waals surface area contributed by atoms with Crippen LogP contribution in [0.1, 0.15) is 72.6 Å². The minimum absolute atomic E-state index is 0.0628. The zero-order valence-corrected chi connectivity index (χ0v) is 14.1. The number of rotatable bonds is 4. The molecule has 21 heavy (non-hydrogen) atoms. The quantitative estimate of drug-likeness (QED) is 0.838. The molecule has 2 atom stereocenters. The van der Waals surface area contributed by atoms with Crippen molar-refractivity contribution in [2.24, 2.45) is 0 Å². The molecule has 1 spiro atoms. The topological polar surface area (TPSA) is 50.4 Å². The summed E-state index contributed by atoms with van der Waals surface area (Å²) in [6.45, 7) is 8.71. The van der Waals surface area contributed by atoms with Crippen molar-refractivity contribution in [1.82, 2.24) is 10.6 Å². The molecular weight excluding hydrogens is 264 g/mol. The number of nitrogens with one attached hydrogen (secondary N) is 2. The van der Waals surface area contributed by atoms with Gasteiger partial charge in [-0.15, -0.1) is 0 Å². The summed E-state index contributed by atoms with van der Waals surface area (Å²) in [7, 11) is 0. The molecule has 0 bridgehead atoms. The Morgan fingerprint density at radius 1 is 1.24 bits per heavy atom. The van der Waals surface area contributed by atoms with E-state index in [4.69, 9.17) is 4.74 Å². The lowest BCUT2D eigenvalue weighted by molar-refractivity contribution is -0.124. The highest BCUT2D eigenvalue weighted by Gasteiger charge is 2.40. The first-order valence-corrected chi connectivity index (χ1v) is 8.53. The summed E-state index contributed by atoms with van der Waals surface area (Å²) >= 11 is 0. The van der Waals surface area contributed by atoms with Gasteiger partial charge in [-0.2, -0.15) is 0 Å². The number of carbonyl (C=O) groups is 1. The molecule has 2 N–H and O–H groups in total. The van der Waals surface area contributed by atoms with Crippen molar-refractivity contribution in [3.63, 3.8) is 0 Å². The first-order chi connectivity index (χ1) is 9.80. The van der Waals surface area contributed by atoms with Gasteiger partial charge in [-0.1, -0.05) is 19.3 Å². The summed E-state index contributed by atoms with van der Waals surface area (Å²) in [6, 6.07) is -0.171. The highest BCUT2D eigenvalue weighted by Crippen LogP contribution is 2.41. The first-order valence-electron chi connectivity index (χ1n) is 8.53. The number of hydrogen-bond donors (Lipinski definition) is 2. The Labute approximate surface area is 129 Å². The van der Waals surface area contributed by atoms with Gasteiger partial charge in [0, 0.05) is 12.1 Å². The average molecular weight is 296 g/mol. The van der Waals surface area contributed by atoms with Crippen LogP contribution in [0.4, 0.5) is 0 Å². The van der Waals surface area contributed by atoms with Crippen LogP contribution in [0.3, 0.4) is 0 Å². The van der Waals surface area contributed by atoms with Crippen molar-refractivity contribution in [3.05, 3.63) is 0 Å². The van der Waals surface area contributed by atoms with Crippen LogP contribution >= 0.6 is 0 Å². The van der Waals surface area contributed by atoms with E-state index in [-0.39, 0.29) is 29.2 Å². The van der Waals surface area contributed by atoms with Crippen molar-refractivity contribution in [1.29, 1.82) is 0 Å². The van der Waals surface area contributed by atoms with Crippen LogP contribution in [0, 0.1) is 0 Å². The summed E-state index contributed by atoms with van der Waals surface area (Å²) in [4.78, 5) is 12.0. The fourth-order valence-electron chi connectivity index (χ4n) is 3.48. The Morgan fingerprint density at radius 2 is 1.90 bits per heavy atom. The maximum absolute atomic E-state index is 12.0. The van der Waals surface area contributed by atoms with Gasteiger partial charge in [0.1, 0.15) is 0 Å². The zero-order valence-electron chi connectivity index (χ0n) is 14.1. The fraction of sp³-hybridized carbons (Fsp3) is 0.941. The highest BCUT2D eigenvalue weighted by molar-refractivity contribution is 5.81. The standard InChI is InChI=1S/C17H32N2O2/c1-13(15(20)19-16(2,3)4)18-12-14-8-11-17(21-14)9-6-5-7-10-17/h13-14,18H,5-12H2,1-4H3,(H,19,20). The third kappa shape index (κ3) is 4.96. The van der Waals surface area contributed by atoms with Gasteiger partial charge in [-0.05, 0) is 53.4 Å². The van der Waals surface area contributed by atoms with E-state index < -0.39 is 0 Å². The van der Waals surface area contributed by atoms with Crippen LogP contribution in [0.5, 0.6) is 0 Å². The lowest BCUT2D eigenvalue weighted by Gasteiger charge is -2.33. The highest BCUT2D eigenvalue weighted by atomic mass is 16.5. The summed E-state index contributed by atoms with van der Waals surface area (Å²) < 4.78 is 6.33. The molecule has 1 saturated heterocycles. The predicted octanol–water partition coefficient (Wildman–Crippen LogP) is 2.76. The number of carbonyl (C=O) groups excluding carboxylic acids is 1. The molecule has 1 amide bonds. The lowest BCUT2D eigenvalue weighted by Crippen LogP contribution is -2.50. The van der Waals surface area contributed by atoms with E-state index in [1.165, 1.54) is 38.5 Å². The number of hydrogen-bond acceptors (Lipinski definition) is 3. The minimum atomic E-state index is -0.178. The molecule has 1 heterocycles. The Balaban J connectivity index is 1.72. The SMILES string of the molecule is CC(NCC1CCC2(CCCCC2)O1)C(=O)NC(C)(C)C. The Kier molecular flexibility index (Phi) is 5.31. The number of ether oxygens (including phenoxy) is 1. The van der Waals surface area contributed by atoms with Crippen LogP contribution in [-0.4, -0.2) is 35.7 Å². The third-order valence-corrected chi connectivity index (χ3v) is 4.65. The van der Waals surface area contributed by atoms with E-state index in [0.717, 1.165) is 13.0 Å². The second-order valence-corrected chi connectivity index (χ2v) is 7.89. The minimum Gasteiger partial charge on any atom is -0.370 e. The lowest BCUT2D eigenvalue weighted by atomic mass is 9.83. The molecular formula is C17H32N2O2. The monoisotopic (exact) mass is 296 g/mol. The van der Waals surface area contributed by atoms with Gasteiger partial charge >= 0.3 is 0 Å². The van der Waals surface area contributed by atoms with Crippen molar-refractivity contribution < 1.29 is 9.53 Å². The molecule has 1 saturated carbocycles.